The fourth-order valence-electron chi connectivity index (χ4n) is 2.30. The van der Waals surface area contributed by atoms with Crippen molar-refractivity contribution >= 4 is 11.7 Å². The number of halogens is 1. The van der Waals surface area contributed by atoms with Gasteiger partial charge < -0.3 is 10.0 Å². The van der Waals surface area contributed by atoms with Gasteiger partial charge in [-0.3, -0.25) is 0 Å². The van der Waals surface area contributed by atoms with Gasteiger partial charge in [-0.25, -0.2) is 9.18 Å². The summed E-state index contributed by atoms with van der Waals surface area (Å²) in [5.41, 5.74) is 1.23. The third-order valence-electron chi connectivity index (χ3n) is 2.95. The zero-order valence-electron chi connectivity index (χ0n) is 9.27. The number of fused-ring (bicyclic) bond motifs is 1. The van der Waals surface area contributed by atoms with Gasteiger partial charge in [-0.1, -0.05) is 6.07 Å². The van der Waals surface area contributed by atoms with Crippen molar-refractivity contribution in [3.8, 4) is 0 Å². The highest BCUT2D eigenvalue weighted by molar-refractivity contribution is 5.82. The van der Waals surface area contributed by atoms with E-state index in [-0.39, 0.29) is 18.3 Å². The molecule has 3 nitrogen and oxygen atoms in total. The molecule has 4 heteroatoms. The van der Waals surface area contributed by atoms with E-state index in [1.165, 1.54) is 6.07 Å². The first-order valence-electron chi connectivity index (χ1n) is 5.31. The van der Waals surface area contributed by atoms with Crippen LogP contribution in [0.5, 0.6) is 0 Å². The van der Waals surface area contributed by atoms with E-state index in [0.717, 1.165) is 0 Å². The summed E-state index contributed by atoms with van der Waals surface area (Å²) < 4.78 is 13.5. The van der Waals surface area contributed by atoms with Crippen LogP contribution in [0.4, 0.5) is 10.1 Å². The molecule has 0 aromatic heterocycles. The maximum absolute atomic E-state index is 13.5. The predicted octanol–water partition coefficient (Wildman–Crippen LogP) is 2.05. The fraction of sp³-hybridized carbons (Fsp3) is 0.417. The molecule has 1 aliphatic heterocycles. The van der Waals surface area contributed by atoms with E-state index >= 15 is 0 Å². The smallest absolute Gasteiger partial charge is 0.326 e. The Morgan fingerprint density at radius 2 is 2.25 bits per heavy atom. The molecule has 0 saturated heterocycles. The highest BCUT2D eigenvalue weighted by Crippen LogP contribution is 2.35. The second kappa shape index (κ2) is 3.77. The zero-order valence-corrected chi connectivity index (χ0v) is 9.27. The zero-order chi connectivity index (χ0) is 11.9. The Morgan fingerprint density at radius 1 is 1.56 bits per heavy atom. The van der Waals surface area contributed by atoms with Gasteiger partial charge in [0.15, 0.2) is 0 Å². The van der Waals surface area contributed by atoms with Crippen molar-refractivity contribution in [3.05, 3.63) is 29.6 Å². The molecule has 0 amide bonds. The number of carboxylic acids is 1. The van der Waals surface area contributed by atoms with E-state index in [1.807, 2.05) is 13.8 Å². The number of carboxylic acid groups (broad SMARTS) is 1. The van der Waals surface area contributed by atoms with Crippen LogP contribution in [0.2, 0.25) is 0 Å². The molecule has 1 aromatic carbocycles. The number of rotatable bonds is 2. The number of anilines is 1. The molecular weight excluding hydrogens is 209 g/mol. The van der Waals surface area contributed by atoms with Crippen LogP contribution in [-0.4, -0.2) is 23.2 Å². The lowest BCUT2D eigenvalue weighted by atomic mass is 10.1. The van der Waals surface area contributed by atoms with Crippen LogP contribution in [0.3, 0.4) is 0 Å². The van der Waals surface area contributed by atoms with E-state index in [2.05, 4.69) is 0 Å². The van der Waals surface area contributed by atoms with Crippen molar-refractivity contribution in [1.82, 2.24) is 0 Å². The molecule has 16 heavy (non-hydrogen) atoms. The molecule has 0 aliphatic carbocycles. The molecule has 1 heterocycles. The minimum absolute atomic E-state index is 0.0455. The number of carbonyl (C=O) groups is 1. The quantitative estimate of drug-likeness (QED) is 0.834. The third kappa shape index (κ3) is 1.54. The Bertz CT molecular complexity index is 431. The van der Waals surface area contributed by atoms with Crippen LogP contribution in [-0.2, 0) is 11.2 Å². The number of hydrogen-bond acceptors (Lipinski definition) is 2. The van der Waals surface area contributed by atoms with Crippen molar-refractivity contribution < 1.29 is 14.3 Å². The Morgan fingerprint density at radius 3 is 2.81 bits per heavy atom. The SMILES string of the molecule is CC(C)N1c2cccc(F)c2CC1C(=O)O. The summed E-state index contributed by atoms with van der Waals surface area (Å²) in [5, 5.41) is 9.13. The standard InChI is InChI=1S/C12H14FNO2/c1-7(2)14-10-5-3-4-9(13)8(10)6-11(14)12(15)16/h3-5,7,11H,6H2,1-2H3,(H,15,16). The lowest BCUT2D eigenvalue weighted by Gasteiger charge is -2.28. The molecule has 0 fully saturated rings. The Balaban J connectivity index is 2.49. The average molecular weight is 223 g/mol. The van der Waals surface area contributed by atoms with Crippen molar-refractivity contribution in [2.45, 2.75) is 32.4 Å². The molecule has 1 aliphatic rings. The number of benzene rings is 1. The van der Waals surface area contributed by atoms with E-state index in [0.29, 0.717) is 11.3 Å². The molecule has 0 bridgehead atoms. The second-order valence-electron chi connectivity index (χ2n) is 4.30. The molecule has 0 saturated carbocycles. The van der Waals surface area contributed by atoms with Crippen molar-refractivity contribution in [2.75, 3.05) is 4.90 Å². The minimum atomic E-state index is -0.899. The Labute approximate surface area is 93.5 Å². The van der Waals surface area contributed by atoms with Gasteiger partial charge in [-0.15, -0.1) is 0 Å². The molecule has 2 rings (SSSR count). The van der Waals surface area contributed by atoms with Crippen molar-refractivity contribution in [2.24, 2.45) is 0 Å². The molecule has 0 radical (unpaired) electrons. The van der Waals surface area contributed by atoms with Crippen molar-refractivity contribution in [1.29, 1.82) is 0 Å². The van der Waals surface area contributed by atoms with Crippen molar-refractivity contribution in [3.63, 3.8) is 0 Å². The van der Waals surface area contributed by atoms with Gasteiger partial charge in [0.05, 0.1) is 0 Å². The maximum atomic E-state index is 13.5. The first-order chi connectivity index (χ1) is 7.52. The highest BCUT2D eigenvalue weighted by atomic mass is 19.1. The van der Waals surface area contributed by atoms with Gasteiger partial charge in [0, 0.05) is 23.7 Å². The summed E-state index contributed by atoms with van der Waals surface area (Å²) in [5.74, 6) is -1.21. The van der Waals surface area contributed by atoms with Gasteiger partial charge in [-0.2, -0.15) is 0 Å². The van der Waals surface area contributed by atoms with Gasteiger partial charge >= 0.3 is 5.97 Å². The molecule has 86 valence electrons. The monoisotopic (exact) mass is 223 g/mol. The van der Waals surface area contributed by atoms with Crippen LogP contribution in [0.25, 0.3) is 0 Å². The maximum Gasteiger partial charge on any atom is 0.326 e. The molecule has 0 spiro atoms. The molecule has 1 N–H and O–H groups in total. The molecule has 1 atom stereocenters. The molecule has 1 unspecified atom stereocenters. The van der Waals surface area contributed by atoms with Crippen LogP contribution < -0.4 is 4.90 Å². The Kier molecular flexibility index (Phi) is 2.58. The van der Waals surface area contributed by atoms with Crippen LogP contribution in [0.1, 0.15) is 19.4 Å². The average Bonchev–Trinajstić information content (AvgIpc) is 2.58. The normalized spacial score (nSPS) is 19.0. The minimum Gasteiger partial charge on any atom is -0.480 e. The first kappa shape index (κ1) is 10.9. The van der Waals surface area contributed by atoms with Gasteiger partial charge in [0.2, 0.25) is 0 Å². The third-order valence-corrected chi connectivity index (χ3v) is 2.95. The van der Waals surface area contributed by atoms with Crippen LogP contribution in [0, 0.1) is 5.82 Å². The molecular formula is C12H14FNO2. The second-order valence-corrected chi connectivity index (χ2v) is 4.30. The Hall–Kier alpha value is -1.58. The van der Waals surface area contributed by atoms with Crippen LogP contribution >= 0.6 is 0 Å². The largest absolute Gasteiger partial charge is 0.480 e. The first-order valence-corrected chi connectivity index (χ1v) is 5.31. The summed E-state index contributed by atoms with van der Waals surface area (Å²) in [7, 11) is 0. The van der Waals surface area contributed by atoms with Gasteiger partial charge in [0.1, 0.15) is 11.9 Å². The number of aliphatic carboxylic acids is 1. The number of hydrogen-bond donors (Lipinski definition) is 1. The summed E-state index contributed by atoms with van der Waals surface area (Å²) in [4.78, 5) is 12.9. The van der Waals surface area contributed by atoms with E-state index in [1.54, 1.807) is 17.0 Å². The summed E-state index contributed by atoms with van der Waals surface area (Å²) >= 11 is 0. The van der Waals surface area contributed by atoms with E-state index < -0.39 is 12.0 Å². The topological polar surface area (TPSA) is 40.5 Å². The van der Waals surface area contributed by atoms with Gasteiger partial charge in [-0.05, 0) is 26.0 Å². The molecule has 1 aromatic rings. The highest BCUT2D eigenvalue weighted by Gasteiger charge is 2.37. The van der Waals surface area contributed by atoms with Crippen LogP contribution in [0.15, 0.2) is 18.2 Å². The van der Waals surface area contributed by atoms with E-state index in [9.17, 15) is 9.18 Å². The number of nitrogens with zero attached hydrogens (tertiary/aromatic N) is 1. The fourth-order valence-corrected chi connectivity index (χ4v) is 2.30. The summed E-state index contributed by atoms with van der Waals surface area (Å²) in [6.07, 6.45) is 0.246. The lowest BCUT2D eigenvalue weighted by molar-refractivity contribution is -0.138. The van der Waals surface area contributed by atoms with E-state index in [4.69, 9.17) is 5.11 Å². The summed E-state index contributed by atoms with van der Waals surface area (Å²) in [6, 6.07) is 4.17. The predicted molar refractivity (Wildman–Crippen MR) is 59.1 cm³/mol. The lowest BCUT2D eigenvalue weighted by Crippen LogP contribution is -2.42. The van der Waals surface area contributed by atoms with Gasteiger partial charge in [0.25, 0.3) is 0 Å². The summed E-state index contributed by atoms with van der Waals surface area (Å²) in [6.45, 7) is 3.83.